The fourth-order valence-electron chi connectivity index (χ4n) is 3.01. The summed E-state index contributed by atoms with van der Waals surface area (Å²) < 4.78 is 27.6. The predicted octanol–water partition coefficient (Wildman–Crippen LogP) is 3.03. The molecule has 1 amide bonds. The summed E-state index contributed by atoms with van der Waals surface area (Å²) in [4.78, 5) is 12.4. The highest BCUT2D eigenvalue weighted by Gasteiger charge is 2.20. The number of benzene rings is 2. The molecule has 3 rings (SSSR count). The lowest BCUT2D eigenvalue weighted by atomic mass is 10.2. The first-order valence-electron chi connectivity index (χ1n) is 8.42. The van der Waals surface area contributed by atoms with Gasteiger partial charge in [-0.2, -0.15) is 5.26 Å². The SMILES string of the molecule is N#Cc1cccc(NS(=O)(=O)c2cccc(C(=O)NC3CCCC3)c2)c1. The molecule has 0 spiro atoms. The van der Waals surface area contributed by atoms with Gasteiger partial charge in [0.25, 0.3) is 15.9 Å². The molecular formula is C19H19N3O3S. The smallest absolute Gasteiger partial charge is 0.261 e. The van der Waals surface area contributed by atoms with E-state index in [2.05, 4.69) is 10.0 Å². The van der Waals surface area contributed by atoms with Crippen LogP contribution in [0.3, 0.4) is 0 Å². The maximum Gasteiger partial charge on any atom is 0.261 e. The van der Waals surface area contributed by atoms with Crippen LogP contribution in [0.5, 0.6) is 0 Å². The molecule has 1 saturated carbocycles. The lowest BCUT2D eigenvalue weighted by Gasteiger charge is -2.13. The van der Waals surface area contributed by atoms with Crippen LogP contribution in [0.1, 0.15) is 41.6 Å². The number of carbonyl (C=O) groups excluding carboxylic acids is 1. The monoisotopic (exact) mass is 369 g/mol. The van der Waals surface area contributed by atoms with Crippen molar-refractivity contribution in [3.8, 4) is 6.07 Å². The number of amides is 1. The van der Waals surface area contributed by atoms with E-state index in [4.69, 9.17) is 5.26 Å². The molecule has 0 aromatic heterocycles. The highest BCUT2D eigenvalue weighted by molar-refractivity contribution is 7.92. The molecule has 2 N–H and O–H groups in total. The lowest BCUT2D eigenvalue weighted by Crippen LogP contribution is -2.32. The molecule has 7 heteroatoms. The Morgan fingerprint density at radius 3 is 2.54 bits per heavy atom. The predicted molar refractivity (Wildman–Crippen MR) is 98.1 cm³/mol. The zero-order chi connectivity index (χ0) is 18.6. The Hall–Kier alpha value is -2.85. The van der Waals surface area contributed by atoms with Crippen LogP contribution in [0.4, 0.5) is 5.69 Å². The summed E-state index contributed by atoms with van der Waals surface area (Å²) in [5.74, 6) is -0.263. The molecule has 0 heterocycles. The Balaban J connectivity index is 1.79. The molecular weight excluding hydrogens is 350 g/mol. The van der Waals surface area contributed by atoms with Gasteiger partial charge in [0.2, 0.25) is 0 Å². The van der Waals surface area contributed by atoms with E-state index in [0.717, 1.165) is 25.7 Å². The van der Waals surface area contributed by atoms with Crippen molar-refractivity contribution >= 4 is 21.6 Å². The van der Waals surface area contributed by atoms with Crippen molar-refractivity contribution in [3.05, 3.63) is 59.7 Å². The van der Waals surface area contributed by atoms with Gasteiger partial charge in [0.05, 0.1) is 22.2 Å². The Labute approximate surface area is 152 Å². The van der Waals surface area contributed by atoms with Crippen LogP contribution in [-0.2, 0) is 10.0 Å². The summed E-state index contributed by atoms with van der Waals surface area (Å²) in [6.07, 6.45) is 4.12. The molecule has 2 aromatic rings. The Bertz CT molecular complexity index is 958. The normalized spacial score (nSPS) is 14.6. The number of sulfonamides is 1. The molecule has 0 bridgehead atoms. The maximum absolute atomic E-state index is 12.6. The van der Waals surface area contributed by atoms with Crippen molar-refractivity contribution in [3.63, 3.8) is 0 Å². The number of hydrogen-bond donors (Lipinski definition) is 2. The number of anilines is 1. The minimum absolute atomic E-state index is 0.000988. The second-order valence-corrected chi connectivity index (χ2v) is 7.96. The van der Waals surface area contributed by atoms with E-state index >= 15 is 0 Å². The molecule has 1 fully saturated rings. The molecule has 26 heavy (non-hydrogen) atoms. The molecule has 0 atom stereocenters. The third-order valence-electron chi connectivity index (χ3n) is 4.34. The Morgan fingerprint density at radius 2 is 1.81 bits per heavy atom. The van der Waals surface area contributed by atoms with Crippen molar-refractivity contribution in [1.82, 2.24) is 5.32 Å². The van der Waals surface area contributed by atoms with E-state index in [0.29, 0.717) is 16.8 Å². The minimum atomic E-state index is -3.86. The third-order valence-corrected chi connectivity index (χ3v) is 5.72. The average molecular weight is 369 g/mol. The largest absolute Gasteiger partial charge is 0.349 e. The molecule has 1 aliphatic carbocycles. The van der Waals surface area contributed by atoms with Crippen molar-refractivity contribution in [2.45, 2.75) is 36.6 Å². The maximum atomic E-state index is 12.6. The number of hydrogen-bond acceptors (Lipinski definition) is 4. The van der Waals surface area contributed by atoms with Gasteiger partial charge in [-0.1, -0.05) is 25.0 Å². The summed E-state index contributed by atoms with van der Waals surface area (Å²) in [5, 5.41) is 11.9. The summed E-state index contributed by atoms with van der Waals surface area (Å²) in [6.45, 7) is 0. The number of nitriles is 1. The molecule has 0 aliphatic heterocycles. The fraction of sp³-hybridized carbons (Fsp3) is 0.263. The molecule has 6 nitrogen and oxygen atoms in total. The summed E-state index contributed by atoms with van der Waals surface area (Å²) in [6, 6.07) is 14.3. The van der Waals surface area contributed by atoms with E-state index in [1.807, 2.05) is 6.07 Å². The van der Waals surface area contributed by atoms with Crippen molar-refractivity contribution in [2.24, 2.45) is 0 Å². The van der Waals surface area contributed by atoms with Crippen molar-refractivity contribution < 1.29 is 13.2 Å². The number of nitrogens with one attached hydrogen (secondary N) is 2. The number of rotatable bonds is 5. The second kappa shape index (κ2) is 7.58. The van der Waals surface area contributed by atoms with Gasteiger partial charge in [0.15, 0.2) is 0 Å². The lowest BCUT2D eigenvalue weighted by molar-refractivity contribution is 0.0937. The zero-order valence-corrected chi connectivity index (χ0v) is 14.9. The van der Waals surface area contributed by atoms with Gasteiger partial charge in [-0.25, -0.2) is 8.42 Å². The minimum Gasteiger partial charge on any atom is -0.349 e. The molecule has 0 unspecified atom stereocenters. The van der Waals surface area contributed by atoms with E-state index in [-0.39, 0.29) is 16.8 Å². The van der Waals surface area contributed by atoms with Crippen LogP contribution < -0.4 is 10.0 Å². The summed E-state index contributed by atoms with van der Waals surface area (Å²) in [5.41, 5.74) is 0.963. The van der Waals surface area contributed by atoms with Gasteiger partial charge in [-0.15, -0.1) is 0 Å². The number of carbonyl (C=O) groups is 1. The Kier molecular flexibility index (Phi) is 5.24. The summed E-state index contributed by atoms with van der Waals surface area (Å²) in [7, 11) is -3.86. The first kappa shape index (κ1) is 18.0. The fourth-order valence-corrected chi connectivity index (χ4v) is 4.10. The topological polar surface area (TPSA) is 99.1 Å². The van der Waals surface area contributed by atoms with Gasteiger partial charge in [0, 0.05) is 11.6 Å². The van der Waals surface area contributed by atoms with E-state index in [1.165, 1.54) is 18.2 Å². The van der Waals surface area contributed by atoms with Crippen molar-refractivity contribution in [1.29, 1.82) is 5.26 Å². The average Bonchev–Trinajstić information content (AvgIpc) is 3.14. The van der Waals surface area contributed by atoms with Crippen LogP contribution in [0.15, 0.2) is 53.4 Å². The van der Waals surface area contributed by atoms with Crippen molar-refractivity contribution in [2.75, 3.05) is 4.72 Å². The van der Waals surface area contributed by atoms with Gasteiger partial charge in [-0.05, 0) is 49.2 Å². The van der Waals surface area contributed by atoms with Crippen LogP contribution in [0.25, 0.3) is 0 Å². The van der Waals surface area contributed by atoms with E-state index < -0.39 is 10.0 Å². The zero-order valence-electron chi connectivity index (χ0n) is 14.1. The first-order chi connectivity index (χ1) is 12.5. The highest BCUT2D eigenvalue weighted by Crippen LogP contribution is 2.20. The third kappa shape index (κ3) is 4.21. The second-order valence-electron chi connectivity index (χ2n) is 6.28. The first-order valence-corrected chi connectivity index (χ1v) is 9.90. The van der Waals surface area contributed by atoms with Gasteiger partial charge < -0.3 is 5.32 Å². The van der Waals surface area contributed by atoms with E-state index in [9.17, 15) is 13.2 Å². The molecule has 134 valence electrons. The highest BCUT2D eigenvalue weighted by atomic mass is 32.2. The quantitative estimate of drug-likeness (QED) is 0.846. The number of nitrogens with zero attached hydrogens (tertiary/aromatic N) is 1. The van der Waals surface area contributed by atoms with Crippen LogP contribution in [0.2, 0.25) is 0 Å². The van der Waals surface area contributed by atoms with Crippen LogP contribution in [-0.4, -0.2) is 20.4 Å². The Morgan fingerprint density at radius 1 is 1.08 bits per heavy atom. The summed E-state index contributed by atoms with van der Waals surface area (Å²) >= 11 is 0. The molecule has 0 radical (unpaired) electrons. The standard InChI is InChI=1S/C19H19N3O3S/c20-13-14-5-3-9-17(11-14)22-26(24,25)18-10-4-6-15(12-18)19(23)21-16-7-1-2-8-16/h3-6,9-12,16,22H,1-2,7-8H2,(H,21,23). The van der Waals surface area contributed by atoms with E-state index in [1.54, 1.807) is 30.3 Å². The molecule has 1 aliphatic rings. The molecule has 0 saturated heterocycles. The van der Waals surface area contributed by atoms with Gasteiger partial charge >= 0.3 is 0 Å². The van der Waals surface area contributed by atoms with Crippen LogP contribution >= 0.6 is 0 Å². The van der Waals surface area contributed by atoms with Gasteiger partial charge in [0.1, 0.15) is 0 Å². The van der Waals surface area contributed by atoms with Gasteiger partial charge in [-0.3, -0.25) is 9.52 Å². The van der Waals surface area contributed by atoms with Crippen LogP contribution in [0, 0.1) is 11.3 Å². The molecule has 2 aromatic carbocycles.